The first-order valence-electron chi connectivity index (χ1n) is 16.3. The summed E-state index contributed by atoms with van der Waals surface area (Å²) in [7, 11) is 2.19. The zero-order valence-electron chi connectivity index (χ0n) is 29.2. The summed E-state index contributed by atoms with van der Waals surface area (Å²) in [5.41, 5.74) is 1.12. The maximum absolute atomic E-state index is 5.25. The first kappa shape index (κ1) is 38.1. The molecule has 6 nitrogen and oxygen atoms in total. The summed E-state index contributed by atoms with van der Waals surface area (Å²) in [5, 5.41) is 0. The quantitative estimate of drug-likeness (QED) is 0.380. The molecule has 0 aromatic carbocycles. The largest absolute Gasteiger partial charge is 0.379 e. The molecule has 0 aliphatic carbocycles. The van der Waals surface area contributed by atoms with Crippen LogP contribution in [0, 0.1) is 0 Å². The fourth-order valence-electron chi connectivity index (χ4n) is 5.37. The van der Waals surface area contributed by atoms with Crippen molar-refractivity contribution in [2.75, 3.05) is 97.2 Å². The molecule has 4 saturated heterocycles. The molecule has 0 spiro atoms. The van der Waals surface area contributed by atoms with Gasteiger partial charge in [0.1, 0.15) is 0 Å². The van der Waals surface area contributed by atoms with Crippen LogP contribution in [0.2, 0.25) is 0 Å². The van der Waals surface area contributed by atoms with E-state index in [0.29, 0.717) is 16.6 Å². The zero-order chi connectivity index (χ0) is 30.4. The van der Waals surface area contributed by atoms with Crippen molar-refractivity contribution in [3.63, 3.8) is 0 Å². The number of rotatable bonds is 1. The summed E-state index contributed by atoms with van der Waals surface area (Å²) in [4.78, 5) is 12.5. The Bertz CT molecular complexity index is 548. The molecule has 0 aromatic rings. The van der Waals surface area contributed by atoms with Gasteiger partial charge in [0, 0.05) is 86.5 Å². The van der Waals surface area contributed by atoms with E-state index in [-0.39, 0.29) is 0 Å². The number of morpholine rings is 1. The van der Waals surface area contributed by atoms with Crippen LogP contribution in [0.3, 0.4) is 0 Å². The van der Waals surface area contributed by atoms with Gasteiger partial charge in [-0.1, -0.05) is 6.42 Å². The van der Waals surface area contributed by atoms with Crippen molar-refractivity contribution >= 4 is 11.8 Å². The van der Waals surface area contributed by atoms with Crippen LogP contribution in [0.25, 0.3) is 0 Å². The molecule has 0 aromatic heterocycles. The lowest BCUT2D eigenvalue weighted by Crippen LogP contribution is -2.47. The Morgan fingerprint density at radius 3 is 1.25 bits per heavy atom. The highest BCUT2D eigenvalue weighted by Gasteiger charge is 2.24. The molecule has 0 saturated carbocycles. The predicted molar refractivity (Wildman–Crippen MR) is 180 cm³/mol. The molecule has 7 heteroatoms. The SMILES string of the molecule is CC(C)(C)N1CCCCC1.CC(C)(C)N1CCOCC1.CC(C)(C)N1CCSCC1.CC(C)N1CCN(C)CC1. The van der Waals surface area contributed by atoms with Gasteiger partial charge in [0.15, 0.2) is 0 Å². The second-order valence-electron chi connectivity index (χ2n) is 15.2. The number of nitrogens with zero attached hydrogens (tertiary/aromatic N) is 5. The van der Waals surface area contributed by atoms with Crippen LogP contribution >= 0.6 is 11.8 Å². The summed E-state index contributed by atoms with van der Waals surface area (Å²) >= 11 is 2.07. The fraction of sp³-hybridized carbons (Fsp3) is 1.00. The smallest absolute Gasteiger partial charge is 0.0594 e. The Kier molecular flexibility index (Phi) is 17.8. The third-order valence-corrected chi connectivity index (χ3v) is 9.43. The van der Waals surface area contributed by atoms with Crippen molar-refractivity contribution in [2.24, 2.45) is 0 Å². The zero-order valence-corrected chi connectivity index (χ0v) is 30.0. The van der Waals surface area contributed by atoms with Gasteiger partial charge in [0.25, 0.3) is 0 Å². The molecule has 240 valence electrons. The Morgan fingerprint density at radius 1 is 0.525 bits per heavy atom. The van der Waals surface area contributed by atoms with Gasteiger partial charge in [0.2, 0.25) is 0 Å². The van der Waals surface area contributed by atoms with Crippen LogP contribution in [0.15, 0.2) is 0 Å². The van der Waals surface area contributed by atoms with Gasteiger partial charge >= 0.3 is 0 Å². The number of thioether (sulfide) groups is 1. The monoisotopic (exact) mass is 586 g/mol. The van der Waals surface area contributed by atoms with Gasteiger partial charge in [-0.25, -0.2) is 0 Å². The highest BCUT2D eigenvalue weighted by Crippen LogP contribution is 2.20. The third-order valence-electron chi connectivity index (χ3n) is 8.49. The molecule has 40 heavy (non-hydrogen) atoms. The van der Waals surface area contributed by atoms with Crippen molar-refractivity contribution in [1.29, 1.82) is 0 Å². The van der Waals surface area contributed by atoms with Crippen molar-refractivity contribution in [2.45, 2.75) is 118 Å². The molecule has 0 bridgehead atoms. The molecule has 4 aliphatic heterocycles. The van der Waals surface area contributed by atoms with Gasteiger partial charge in [0.05, 0.1) is 13.2 Å². The Balaban J connectivity index is 0.000000267. The van der Waals surface area contributed by atoms with E-state index in [1.807, 2.05) is 0 Å². The van der Waals surface area contributed by atoms with Crippen LogP contribution in [0.5, 0.6) is 0 Å². The molecule has 0 atom stereocenters. The van der Waals surface area contributed by atoms with E-state index in [4.69, 9.17) is 4.74 Å². The van der Waals surface area contributed by atoms with Gasteiger partial charge in [-0.15, -0.1) is 0 Å². The van der Waals surface area contributed by atoms with Crippen LogP contribution in [-0.2, 0) is 4.74 Å². The minimum absolute atomic E-state index is 0.323. The average molecular weight is 586 g/mol. The van der Waals surface area contributed by atoms with E-state index in [0.717, 1.165) is 32.3 Å². The second-order valence-corrected chi connectivity index (χ2v) is 16.4. The number of likely N-dealkylation sites (tertiary alicyclic amines) is 1. The minimum atomic E-state index is 0.323. The highest BCUT2D eigenvalue weighted by atomic mass is 32.2. The fourth-order valence-corrected chi connectivity index (χ4v) is 6.27. The molecule has 4 fully saturated rings. The van der Waals surface area contributed by atoms with E-state index in [1.54, 1.807) is 0 Å². The number of hydrogen-bond acceptors (Lipinski definition) is 7. The van der Waals surface area contributed by atoms with Gasteiger partial charge in [-0.2, -0.15) is 11.8 Å². The normalized spacial score (nSPS) is 23.3. The molecular formula is C33H71N5OS. The Labute approximate surface area is 255 Å². The first-order chi connectivity index (χ1) is 18.5. The number of likely N-dealkylation sites (N-methyl/N-ethyl adjacent to an activating group) is 1. The average Bonchev–Trinajstić information content (AvgIpc) is 2.90. The third kappa shape index (κ3) is 16.7. The van der Waals surface area contributed by atoms with Crippen LogP contribution in [0.4, 0.5) is 0 Å². The van der Waals surface area contributed by atoms with Gasteiger partial charge < -0.3 is 9.64 Å². The summed E-state index contributed by atoms with van der Waals surface area (Å²) in [6.45, 7) is 39.2. The topological polar surface area (TPSA) is 25.4 Å². The number of piperazine rings is 1. The number of hydrogen-bond donors (Lipinski definition) is 0. The molecule has 0 radical (unpaired) electrons. The highest BCUT2D eigenvalue weighted by molar-refractivity contribution is 7.99. The standard InChI is InChI=1S/C9H19N.C8H18N2.C8H17NO.C8H17NS/c1-9(2,3)10-7-5-4-6-8-10;1-8(2)10-6-4-9(3)5-7-10;2*1-8(2,3)9-4-6-10-7-5-9/h4-8H2,1-3H3;8H,4-7H2,1-3H3;2*4-7H2,1-3H3. The lowest BCUT2D eigenvalue weighted by atomic mass is 10.0. The summed E-state index contributed by atoms with van der Waals surface area (Å²) in [6, 6.07) is 0.730. The van der Waals surface area contributed by atoms with E-state index < -0.39 is 0 Å². The van der Waals surface area contributed by atoms with Crippen LogP contribution in [-0.4, -0.2) is 144 Å². The number of piperidine rings is 1. The first-order valence-corrected chi connectivity index (χ1v) is 17.5. The van der Waals surface area contributed by atoms with Gasteiger partial charge in [-0.05, 0) is 109 Å². The van der Waals surface area contributed by atoms with Gasteiger partial charge in [-0.3, -0.25) is 19.6 Å². The molecule has 4 aliphatic rings. The van der Waals surface area contributed by atoms with Crippen LogP contribution in [0.1, 0.15) is 95.4 Å². The minimum Gasteiger partial charge on any atom is -0.379 e. The Morgan fingerprint density at radius 2 is 0.925 bits per heavy atom. The predicted octanol–water partition coefficient (Wildman–Crippen LogP) is 5.86. The number of ether oxygens (including phenoxy) is 1. The summed E-state index contributed by atoms with van der Waals surface area (Å²) in [6.07, 6.45) is 4.24. The van der Waals surface area contributed by atoms with Crippen molar-refractivity contribution < 1.29 is 4.74 Å². The lowest BCUT2D eigenvalue weighted by Gasteiger charge is -2.38. The molecule has 0 N–H and O–H groups in total. The van der Waals surface area contributed by atoms with Crippen molar-refractivity contribution in [3.8, 4) is 0 Å². The van der Waals surface area contributed by atoms with E-state index in [1.165, 1.54) is 83.1 Å². The lowest BCUT2D eigenvalue weighted by molar-refractivity contribution is -0.00389. The van der Waals surface area contributed by atoms with E-state index >= 15 is 0 Å². The Hall–Kier alpha value is 0.110. The molecule has 0 unspecified atom stereocenters. The molecular weight excluding hydrogens is 514 g/mol. The van der Waals surface area contributed by atoms with Crippen molar-refractivity contribution in [3.05, 3.63) is 0 Å². The van der Waals surface area contributed by atoms with Crippen LogP contribution < -0.4 is 0 Å². The van der Waals surface area contributed by atoms with Crippen molar-refractivity contribution in [1.82, 2.24) is 24.5 Å². The van der Waals surface area contributed by atoms with E-state index in [9.17, 15) is 0 Å². The second kappa shape index (κ2) is 18.7. The maximum atomic E-state index is 5.25. The molecule has 0 amide bonds. The van der Waals surface area contributed by atoms with E-state index in [2.05, 4.69) is 119 Å². The summed E-state index contributed by atoms with van der Waals surface area (Å²) in [5.74, 6) is 2.63. The molecule has 4 heterocycles. The molecule has 4 rings (SSSR count). The maximum Gasteiger partial charge on any atom is 0.0594 e. The summed E-state index contributed by atoms with van der Waals surface area (Å²) < 4.78 is 5.25.